The summed E-state index contributed by atoms with van der Waals surface area (Å²) in [6.07, 6.45) is 1.63. The van der Waals surface area contributed by atoms with Crippen molar-refractivity contribution in [3.05, 3.63) is 34.1 Å². The first-order chi connectivity index (χ1) is 8.92. The van der Waals surface area contributed by atoms with E-state index in [4.69, 9.17) is 9.84 Å². The van der Waals surface area contributed by atoms with E-state index < -0.39 is 28.0 Å². The fraction of sp³-hybridized carbons (Fsp3) is 0.417. The van der Waals surface area contributed by atoms with Crippen LogP contribution >= 0.6 is 0 Å². The molecule has 0 spiro atoms. The molecule has 0 bridgehead atoms. The zero-order valence-corrected chi connectivity index (χ0v) is 9.97. The van der Waals surface area contributed by atoms with Crippen LogP contribution in [0.15, 0.2) is 18.2 Å². The van der Waals surface area contributed by atoms with E-state index in [0.29, 0.717) is 12.8 Å². The molecule has 0 heterocycles. The molecule has 19 heavy (non-hydrogen) atoms. The maximum atomic E-state index is 13.0. The van der Waals surface area contributed by atoms with Gasteiger partial charge < -0.3 is 9.84 Å². The molecule has 7 heteroatoms. The first kappa shape index (κ1) is 13.3. The topological polar surface area (TPSA) is 89.7 Å². The van der Waals surface area contributed by atoms with Gasteiger partial charge in [0.2, 0.25) is 0 Å². The van der Waals surface area contributed by atoms with Crippen LogP contribution in [0.5, 0.6) is 5.75 Å². The number of aliphatic carboxylic acids is 1. The quantitative estimate of drug-likeness (QED) is 0.655. The monoisotopic (exact) mass is 269 g/mol. The average molecular weight is 269 g/mol. The predicted octanol–water partition coefficient (Wildman–Crippen LogP) is 2.51. The average Bonchev–Trinajstić information content (AvgIpc) is 2.27. The SMILES string of the molecule is O=C(O)CC1(Oc2ccc(F)cc2[N+](=O)[O-])CCC1. The summed E-state index contributed by atoms with van der Waals surface area (Å²) in [6.45, 7) is 0. The Kier molecular flexibility index (Phi) is 3.37. The predicted molar refractivity (Wildman–Crippen MR) is 62.5 cm³/mol. The molecular formula is C12H12FNO5. The molecule has 6 nitrogen and oxygen atoms in total. The highest BCUT2D eigenvalue weighted by atomic mass is 19.1. The van der Waals surface area contributed by atoms with E-state index in [1.54, 1.807) is 0 Å². The minimum absolute atomic E-state index is 0.0904. The number of carboxylic acids is 1. The molecule has 1 aliphatic rings. The first-order valence-electron chi connectivity index (χ1n) is 5.77. The molecule has 0 radical (unpaired) electrons. The Morgan fingerprint density at radius 2 is 2.21 bits per heavy atom. The first-order valence-corrected chi connectivity index (χ1v) is 5.77. The van der Waals surface area contributed by atoms with Gasteiger partial charge >= 0.3 is 11.7 Å². The molecular weight excluding hydrogens is 257 g/mol. The van der Waals surface area contributed by atoms with Gasteiger partial charge in [-0.2, -0.15) is 0 Å². The largest absolute Gasteiger partial charge is 0.481 e. The van der Waals surface area contributed by atoms with Crippen molar-refractivity contribution in [2.24, 2.45) is 0 Å². The van der Waals surface area contributed by atoms with Crippen LogP contribution < -0.4 is 4.74 Å². The van der Waals surface area contributed by atoms with E-state index in [9.17, 15) is 19.3 Å². The van der Waals surface area contributed by atoms with Crippen LogP contribution in [-0.2, 0) is 4.79 Å². The van der Waals surface area contributed by atoms with Crippen LogP contribution in [0.4, 0.5) is 10.1 Å². The van der Waals surface area contributed by atoms with E-state index in [2.05, 4.69) is 0 Å². The highest BCUT2D eigenvalue weighted by Gasteiger charge is 2.42. The van der Waals surface area contributed by atoms with E-state index in [1.165, 1.54) is 0 Å². The molecule has 102 valence electrons. The summed E-state index contributed by atoms with van der Waals surface area (Å²) >= 11 is 0. The van der Waals surface area contributed by atoms with E-state index >= 15 is 0 Å². The number of ether oxygens (including phenoxy) is 1. The molecule has 0 aliphatic heterocycles. The van der Waals surface area contributed by atoms with Gasteiger partial charge in [-0.05, 0) is 31.4 Å². The van der Waals surface area contributed by atoms with Crippen LogP contribution in [0.2, 0.25) is 0 Å². The second-order valence-corrected chi connectivity index (χ2v) is 4.58. The van der Waals surface area contributed by atoms with Gasteiger partial charge in [-0.15, -0.1) is 0 Å². The Bertz CT molecular complexity index is 527. The molecule has 1 N–H and O–H groups in total. The number of carbonyl (C=O) groups is 1. The molecule has 1 aliphatic carbocycles. The van der Waals surface area contributed by atoms with E-state index in [-0.39, 0.29) is 12.2 Å². The van der Waals surface area contributed by atoms with Crippen LogP contribution in [0, 0.1) is 15.9 Å². The fourth-order valence-corrected chi connectivity index (χ4v) is 2.11. The van der Waals surface area contributed by atoms with Crippen molar-refractivity contribution in [1.29, 1.82) is 0 Å². The third-order valence-corrected chi connectivity index (χ3v) is 3.18. The van der Waals surface area contributed by atoms with Gasteiger partial charge in [0.05, 0.1) is 17.4 Å². The minimum atomic E-state index is -1.02. The number of benzene rings is 1. The molecule has 1 aromatic rings. The van der Waals surface area contributed by atoms with Crippen LogP contribution in [0.25, 0.3) is 0 Å². The molecule has 1 aromatic carbocycles. The number of hydrogen-bond acceptors (Lipinski definition) is 4. The maximum Gasteiger partial charge on any atom is 0.313 e. The normalized spacial score (nSPS) is 16.5. The summed E-state index contributed by atoms with van der Waals surface area (Å²) < 4.78 is 18.5. The molecule has 2 rings (SSSR count). The van der Waals surface area contributed by atoms with E-state index in [0.717, 1.165) is 24.6 Å². The molecule has 0 aromatic heterocycles. The van der Waals surface area contributed by atoms with Crippen LogP contribution in [0.1, 0.15) is 25.7 Å². The minimum Gasteiger partial charge on any atom is -0.481 e. The summed E-state index contributed by atoms with van der Waals surface area (Å²) in [6, 6.07) is 2.98. The van der Waals surface area contributed by atoms with Gasteiger partial charge in [-0.3, -0.25) is 14.9 Å². The molecule has 1 saturated carbocycles. The lowest BCUT2D eigenvalue weighted by Gasteiger charge is -2.40. The molecule has 1 fully saturated rings. The van der Waals surface area contributed by atoms with Crippen molar-refractivity contribution >= 4 is 11.7 Å². The van der Waals surface area contributed by atoms with Gasteiger partial charge in [0.1, 0.15) is 11.4 Å². The summed E-state index contributed by atoms with van der Waals surface area (Å²) in [5.41, 5.74) is -1.40. The molecule has 0 atom stereocenters. The molecule has 0 unspecified atom stereocenters. The van der Waals surface area contributed by atoms with Crippen molar-refractivity contribution in [3.8, 4) is 5.75 Å². The van der Waals surface area contributed by atoms with Crippen molar-refractivity contribution in [2.45, 2.75) is 31.3 Å². The highest BCUT2D eigenvalue weighted by molar-refractivity contribution is 5.68. The Morgan fingerprint density at radius 3 is 2.68 bits per heavy atom. The third kappa shape index (κ3) is 2.81. The van der Waals surface area contributed by atoms with Gasteiger partial charge in [-0.1, -0.05) is 0 Å². The number of nitrogens with zero attached hydrogens (tertiary/aromatic N) is 1. The van der Waals surface area contributed by atoms with Crippen molar-refractivity contribution in [2.75, 3.05) is 0 Å². The fourth-order valence-electron chi connectivity index (χ4n) is 2.11. The Balaban J connectivity index is 2.27. The lowest BCUT2D eigenvalue weighted by Crippen LogP contribution is -2.45. The number of halogens is 1. The standard InChI is InChI=1S/C12H12FNO5/c13-8-2-3-10(9(6-8)14(17)18)19-12(4-1-5-12)7-11(15)16/h2-3,6H,1,4-5,7H2,(H,15,16). The summed E-state index contributed by atoms with van der Waals surface area (Å²) in [4.78, 5) is 20.9. The second-order valence-electron chi connectivity index (χ2n) is 4.58. The van der Waals surface area contributed by atoms with Gasteiger partial charge in [0.25, 0.3) is 0 Å². The van der Waals surface area contributed by atoms with Gasteiger partial charge in [0.15, 0.2) is 5.75 Å². The number of nitro benzene ring substituents is 1. The van der Waals surface area contributed by atoms with Crippen molar-refractivity contribution < 1.29 is 24.0 Å². The van der Waals surface area contributed by atoms with Crippen molar-refractivity contribution in [1.82, 2.24) is 0 Å². The number of carboxylic acid groups (broad SMARTS) is 1. The van der Waals surface area contributed by atoms with Crippen molar-refractivity contribution in [3.63, 3.8) is 0 Å². The lowest BCUT2D eigenvalue weighted by molar-refractivity contribution is -0.386. The Morgan fingerprint density at radius 1 is 1.53 bits per heavy atom. The maximum absolute atomic E-state index is 13.0. The number of hydrogen-bond donors (Lipinski definition) is 1. The highest BCUT2D eigenvalue weighted by Crippen LogP contribution is 2.42. The lowest BCUT2D eigenvalue weighted by atomic mass is 9.77. The molecule has 0 saturated heterocycles. The zero-order chi connectivity index (χ0) is 14.0. The Labute approximate surface area is 108 Å². The van der Waals surface area contributed by atoms with Gasteiger partial charge in [0, 0.05) is 0 Å². The summed E-state index contributed by atoms with van der Waals surface area (Å²) in [5, 5.41) is 19.7. The number of nitro groups is 1. The number of rotatable bonds is 5. The summed E-state index contributed by atoms with van der Waals surface area (Å²) in [5.74, 6) is -1.85. The Hall–Kier alpha value is -2.18. The van der Waals surface area contributed by atoms with Gasteiger partial charge in [-0.25, -0.2) is 4.39 Å². The summed E-state index contributed by atoms with van der Waals surface area (Å²) in [7, 11) is 0. The zero-order valence-electron chi connectivity index (χ0n) is 9.97. The van der Waals surface area contributed by atoms with E-state index in [1.807, 2.05) is 0 Å². The second kappa shape index (κ2) is 4.83. The van der Waals surface area contributed by atoms with Crippen LogP contribution in [-0.4, -0.2) is 21.6 Å². The van der Waals surface area contributed by atoms with Crippen LogP contribution in [0.3, 0.4) is 0 Å². The smallest absolute Gasteiger partial charge is 0.313 e. The third-order valence-electron chi connectivity index (χ3n) is 3.18. The molecule has 0 amide bonds.